The molecular weight excluding hydrogens is 317 g/mol. The number of hydrogen-bond donors (Lipinski definition) is 1. The molecule has 0 saturated carbocycles. The average molecular weight is 324 g/mol. The van der Waals surface area contributed by atoms with Crippen LogP contribution in [-0.2, 0) is 0 Å². The number of aromatic carboxylic acids is 1. The van der Waals surface area contributed by atoms with Gasteiger partial charge in [-0.25, -0.2) is 9.78 Å². The normalized spacial score (nSPS) is 10.9. The van der Waals surface area contributed by atoms with Crippen molar-refractivity contribution in [3.05, 3.63) is 52.0 Å². The Kier molecular flexibility index (Phi) is 3.38. The first-order chi connectivity index (χ1) is 9.58. The number of rotatable bonds is 2. The molecule has 1 N–H and O–H groups in total. The molecule has 0 saturated heterocycles. The Morgan fingerprint density at radius 2 is 1.90 bits per heavy atom. The molecule has 0 aliphatic heterocycles. The highest BCUT2D eigenvalue weighted by molar-refractivity contribution is 7.21. The summed E-state index contributed by atoms with van der Waals surface area (Å²) in [4.78, 5) is 15.7. The number of halogens is 2. The molecule has 1 aromatic heterocycles. The first-order valence-electron chi connectivity index (χ1n) is 5.65. The number of nitrogens with zero attached hydrogens (tertiary/aromatic N) is 1. The fraction of sp³-hybridized carbons (Fsp3) is 0. The van der Waals surface area contributed by atoms with Crippen LogP contribution in [0.2, 0.25) is 10.0 Å². The molecule has 3 aromatic rings. The number of fused-ring (bicyclic) bond motifs is 1. The molecule has 0 unspecified atom stereocenters. The Labute approximate surface area is 128 Å². The Bertz CT molecular complexity index is 829. The van der Waals surface area contributed by atoms with E-state index < -0.39 is 5.97 Å². The van der Waals surface area contributed by atoms with Crippen molar-refractivity contribution in [3.8, 4) is 10.6 Å². The summed E-state index contributed by atoms with van der Waals surface area (Å²) in [5.41, 5.74) is 1.39. The second kappa shape index (κ2) is 5.05. The third-order valence-electron chi connectivity index (χ3n) is 2.84. The number of carboxylic acids is 1. The van der Waals surface area contributed by atoms with Crippen LogP contribution in [0.4, 0.5) is 0 Å². The summed E-state index contributed by atoms with van der Waals surface area (Å²) in [5.74, 6) is -0.982. The van der Waals surface area contributed by atoms with Crippen LogP contribution in [0.15, 0.2) is 36.4 Å². The van der Waals surface area contributed by atoms with Crippen molar-refractivity contribution in [3.63, 3.8) is 0 Å². The highest BCUT2D eigenvalue weighted by atomic mass is 35.5. The van der Waals surface area contributed by atoms with Crippen molar-refractivity contribution in [1.82, 2.24) is 4.98 Å². The van der Waals surface area contributed by atoms with Gasteiger partial charge in [0.2, 0.25) is 0 Å². The van der Waals surface area contributed by atoms with E-state index in [1.54, 1.807) is 30.3 Å². The molecule has 0 radical (unpaired) electrons. The van der Waals surface area contributed by atoms with Gasteiger partial charge in [-0.3, -0.25) is 0 Å². The molecule has 0 amide bonds. The Hall–Kier alpha value is -1.62. The van der Waals surface area contributed by atoms with Gasteiger partial charge in [0, 0.05) is 5.56 Å². The van der Waals surface area contributed by atoms with Crippen molar-refractivity contribution in [2.24, 2.45) is 0 Å². The van der Waals surface area contributed by atoms with E-state index in [1.165, 1.54) is 11.3 Å². The third kappa shape index (κ3) is 2.16. The predicted octanol–water partition coefficient (Wildman–Crippen LogP) is 4.97. The lowest BCUT2D eigenvalue weighted by Gasteiger charge is -2.01. The van der Waals surface area contributed by atoms with E-state index in [1.807, 2.05) is 6.07 Å². The first-order valence-corrected chi connectivity index (χ1v) is 7.22. The van der Waals surface area contributed by atoms with Crippen molar-refractivity contribution in [2.75, 3.05) is 0 Å². The minimum absolute atomic E-state index is 0.216. The van der Waals surface area contributed by atoms with E-state index in [9.17, 15) is 9.90 Å². The van der Waals surface area contributed by atoms with Gasteiger partial charge < -0.3 is 5.11 Å². The van der Waals surface area contributed by atoms with Gasteiger partial charge in [0.1, 0.15) is 10.5 Å². The van der Waals surface area contributed by atoms with Gasteiger partial charge in [-0.15, -0.1) is 11.3 Å². The highest BCUT2D eigenvalue weighted by Crippen LogP contribution is 2.37. The minimum atomic E-state index is -0.982. The number of carbonyl (C=O) groups is 1. The molecule has 0 spiro atoms. The summed E-state index contributed by atoms with van der Waals surface area (Å²) in [6, 6.07) is 10.3. The van der Waals surface area contributed by atoms with Crippen LogP contribution in [0, 0.1) is 0 Å². The molecule has 0 bridgehead atoms. The van der Waals surface area contributed by atoms with Crippen LogP contribution in [-0.4, -0.2) is 16.1 Å². The van der Waals surface area contributed by atoms with Crippen LogP contribution < -0.4 is 0 Å². The summed E-state index contributed by atoms with van der Waals surface area (Å²) in [7, 11) is 0. The molecule has 0 aliphatic carbocycles. The zero-order valence-corrected chi connectivity index (χ0v) is 12.3. The van der Waals surface area contributed by atoms with E-state index in [2.05, 4.69) is 4.98 Å². The zero-order chi connectivity index (χ0) is 14.3. The highest BCUT2D eigenvalue weighted by Gasteiger charge is 2.16. The van der Waals surface area contributed by atoms with E-state index >= 15 is 0 Å². The smallest absolute Gasteiger partial charge is 0.336 e. The second-order valence-electron chi connectivity index (χ2n) is 4.08. The standard InChI is InChI=1S/C14H7Cl2NO2S/c15-9-5-6-10-12(11(9)16)17-13(20-10)7-3-1-2-4-8(7)14(18)19/h1-6H,(H,18,19). The van der Waals surface area contributed by atoms with Gasteiger partial charge in [0.25, 0.3) is 0 Å². The van der Waals surface area contributed by atoms with Gasteiger partial charge in [-0.05, 0) is 18.2 Å². The van der Waals surface area contributed by atoms with E-state index in [4.69, 9.17) is 23.2 Å². The maximum absolute atomic E-state index is 11.3. The van der Waals surface area contributed by atoms with E-state index in [-0.39, 0.29) is 5.56 Å². The molecule has 0 atom stereocenters. The lowest BCUT2D eigenvalue weighted by molar-refractivity contribution is 0.0697. The largest absolute Gasteiger partial charge is 0.478 e. The Morgan fingerprint density at radius 1 is 1.15 bits per heavy atom. The molecule has 0 fully saturated rings. The summed E-state index contributed by atoms with van der Waals surface area (Å²) in [6.07, 6.45) is 0. The summed E-state index contributed by atoms with van der Waals surface area (Å²) >= 11 is 13.5. The quantitative estimate of drug-likeness (QED) is 0.724. The number of benzene rings is 2. The molecule has 1 heterocycles. The molecule has 20 heavy (non-hydrogen) atoms. The predicted molar refractivity (Wildman–Crippen MR) is 82.0 cm³/mol. The molecule has 0 aliphatic rings. The van der Waals surface area contributed by atoms with Gasteiger partial charge in [-0.1, -0.05) is 41.4 Å². The van der Waals surface area contributed by atoms with Gasteiger partial charge in [0.15, 0.2) is 0 Å². The SMILES string of the molecule is O=C(O)c1ccccc1-c1nc2c(Cl)c(Cl)ccc2s1. The lowest BCUT2D eigenvalue weighted by atomic mass is 10.1. The monoisotopic (exact) mass is 323 g/mol. The number of thiazole rings is 1. The molecular formula is C14H7Cl2NO2S. The summed E-state index contributed by atoms with van der Waals surface area (Å²) < 4.78 is 0.870. The summed E-state index contributed by atoms with van der Waals surface area (Å²) in [6.45, 7) is 0. The fourth-order valence-corrected chi connectivity index (χ4v) is 3.34. The van der Waals surface area contributed by atoms with E-state index in [0.29, 0.717) is 26.1 Å². The second-order valence-corrected chi connectivity index (χ2v) is 5.89. The Morgan fingerprint density at radius 3 is 2.65 bits per heavy atom. The fourth-order valence-electron chi connectivity index (χ4n) is 1.91. The van der Waals surface area contributed by atoms with Gasteiger partial charge >= 0.3 is 5.97 Å². The molecule has 3 nitrogen and oxygen atoms in total. The van der Waals surface area contributed by atoms with Crippen LogP contribution in [0.1, 0.15) is 10.4 Å². The maximum Gasteiger partial charge on any atom is 0.336 e. The van der Waals surface area contributed by atoms with Crippen molar-refractivity contribution < 1.29 is 9.90 Å². The van der Waals surface area contributed by atoms with Gasteiger partial charge in [-0.2, -0.15) is 0 Å². The third-order valence-corrected chi connectivity index (χ3v) is 4.69. The van der Waals surface area contributed by atoms with Crippen LogP contribution >= 0.6 is 34.5 Å². The van der Waals surface area contributed by atoms with Crippen LogP contribution in [0.25, 0.3) is 20.8 Å². The summed E-state index contributed by atoms with van der Waals surface area (Å²) in [5, 5.41) is 10.7. The van der Waals surface area contributed by atoms with Crippen molar-refractivity contribution in [1.29, 1.82) is 0 Å². The maximum atomic E-state index is 11.3. The number of aromatic nitrogens is 1. The van der Waals surface area contributed by atoms with Crippen molar-refractivity contribution >= 4 is 50.7 Å². The minimum Gasteiger partial charge on any atom is -0.478 e. The van der Waals surface area contributed by atoms with E-state index in [0.717, 1.165) is 4.70 Å². The topological polar surface area (TPSA) is 50.2 Å². The molecule has 100 valence electrons. The van der Waals surface area contributed by atoms with Crippen LogP contribution in [0.5, 0.6) is 0 Å². The molecule has 6 heteroatoms. The lowest BCUT2D eigenvalue weighted by Crippen LogP contribution is -1.98. The van der Waals surface area contributed by atoms with Crippen molar-refractivity contribution in [2.45, 2.75) is 0 Å². The average Bonchev–Trinajstić information content (AvgIpc) is 2.88. The zero-order valence-electron chi connectivity index (χ0n) is 9.93. The Balaban J connectivity index is 2.26. The molecule has 3 rings (SSSR count). The first kappa shape index (κ1) is 13.4. The van der Waals surface area contributed by atoms with Gasteiger partial charge in [0.05, 0.1) is 20.3 Å². The van der Waals surface area contributed by atoms with Crippen LogP contribution in [0.3, 0.4) is 0 Å². The number of hydrogen-bond acceptors (Lipinski definition) is 3. The number of carboxylic acid groups (broad SMARTS) is 1. The molecule has 2 aromatic carbocycles.